The second-order valence-electron chi connectivity index (χ2n) is 3.37. The first-order valence-corrected chi connectivity index (χ1v) is 5.81. The number of hydrogen-bond acceptors (Lipinski definition) is 4. The van der Waals surface area contributed by atoms with Gasteiger partial charge < -0.3 is 10.1 Å². The summed E-state index contributed by atoms with van der Waals surface area (Å²) in [6, 6.07) is 4.54. The number of rotatable bonds is 3. The zero-order valence-electron chi connectivity index (χ0n) is 8.41. The quantitative estimate of drug-likeness (QED) is 0.826. The van der Waals surface area contributed by atoms with E-state index < -0.39 is 0 Å². The number of pyridine rings is 1. The van der Waals surface area contributed by atoms with Gasteiger partial charge in [0.2, 0.25) is 5.88 Å². The molecule has 0 unspecified atom stereocenters. The van der Waals surface area contributed by atoms with Gasteiger partial charge in [-0.3, -0.25) is 0 Å². The third-order valence-corrected chi connectivity index (χ3v) is 3.54. The molecule has 1 aliphatic rings. The number of aromatic nitrogens is 1. The normalized spacial score (nSPS) is 16.1. The Morgan fingerprint density at radius 3 is 2.79 bits per heavy atom. The first-order valence-electron chi connectivity index (χ1n) is 4.65. The van der Waals surface area contributed by atoms with Crippen LogP contribution < -0.4 is 10.1 Å². The predicted molar refractivity (Wildman–Crippen MR) is 60.3 cm³/mol. The topological polar surface area (TPSA) is 34.1 Å². The molecule has 2 rings (SSSR count). The lowest BCUT2D eigenvalue weighted by molar-refractivity contribution is 0.397. The molecule has 0 aliphatic carbocycles. The van der Waals surface area contributed by atoms with E-state index in [4.69, 9.17) is 4.74 Å². The molecule has 0 radical (unpaired) electrons. The molecule has 3 nitrogen and oxygen atoms in total. The lowest BCUT2D eigenvalue weighted by atomic mass is 10.2. The predicted octanol–water partition coefficient (Wildman–Crippen LogP) is 1.93. The largest absolute Gasteiger partial charge is 0.481 e. The van der Waals surface area contributed by atoms with Crippen LogP contribution in [0.25, 0.3) is 0 Å². The van der Waals surface area contributed by atoms with Gasteiger partial charge in [-0.2, -0.15) is 11.8 Å². The van der Waals surface area contributed by atoms with Crippen molar-refractivity contribution in [1.29, 1.82) is 0 Å². The average Bonchev–Trinajstić information content (AvgIpc) is 2.13. The highest BCUT2D eigenvalue weighted by atomic mass is 32.2. The fourth-order valence-electron chi connectivity index (χ4n) is 1.34. The third kappa shape index (κ3) is 1.95. The monoisotopic (exact) mass is 210 g/mol. The molecule has 4 heteroatoms. The molecular weight excluding hydrogens is 196 g/mol. The van der Waals surface area contributed by atoms with E-state index >= 15 is 0 Å². The van der Waals surface area contributed by atoms with Gasteiger partial charge in [-0.25, -0.2) is 4.98 Å². The van der Waals surface area contributed by atoms with Crippen LogP contribution in [0.2, 0.25) is 0 Å². The lowest BCUT2D eigenvalue weighted by Crippen LogP contribution is -2.33. The Morgan fingerprint density at radius 1 is 1.50 bits per heavy atom. The van der Waals surface area contributed by atoms with Crippen molar-refractivity contribution in [2.24, 2.45) is 0 Å². The van der Waals surface area contributed by atoms with Crippen molar-refractivity contribution >= 4 is 17.4 Å². The van der Waals surface area contributed by atoms with E-state index in [1.165, 1.54) is 11.5 Å². The molecule has 0 atom stereocenters. The van der Waals surface area contributed by atoms with Gasteiger partial charge in [-0.05, 0) is 13.0 Å². The van der Waals surface area contributed by atoms with Crippen molar-refractivity contribution in [3.8, 4) is 5.88 Å². The Bertz CT molecular complexity index is 326. The molecule has 1 aromatic rings. The van der Waals surface area contributed by atoms with E-state index in [1.54, 1.807) is 7.11 Å². The van der Waals surface area contributed by atoms with Crippen LogP contribution in [0.4, 0.5) is 5.69 Å². The summed E-state index contributed by atoms with van der Waals surface area (Å²) in [5.41, 5.74) is 2.12. The molecule has 76 valence electrons. The highest BCUT2D eigenvalue weighted by Crippen LogP contribution is 2.24. The zero-order chi connectivity index (χ0) is 9.97. The number of nitrogens with zero attached hydrogens (tertiary/aromatic N) is 1. The van der Waals surface area contributed by atoms with Gasteiger partial charge >= 0.3 is 0 Å². The highest BCUT2D eigenvalue weighted by molar-refractivity contribution is 8.00. The van der Waals surface area contributed by atoms with Crippen LogP contribution in [0.3, 0.4) is 0 Å². The van der Waals surface area contributed by atoms with Gasteiger partial charge in [0.15, 0.2) is 0 Å². The summed E-state index contributed by atoms with van der Waals surface area (Å²) in [5.74, 6) is 3.08. The van der Waals surface area contributed by atoms with E-state index in [9.17, 15) is 0 Å². The van der Waals surface area contributed by atoms with Crippen molar-refractivity contribution in [3.63, 3.8) is 0 Å². The van der Waals surface area contributed by atoms with Gasteiger partial charge in [-0.1, -0.05) is 0 Å². The minimum Gasteiger partial charge on any atom is -0.481 e. The van der Waals surface area contributed by atoms with E-state index in [2.05, 4.69) is 10.3 Å². The maximum absolute atomic E-state index is 5.05. The van der Waals surface area contributed by atoms with Crippen LogP contribution in [-0.2, 0) is 0 Å². The number of aryl methyl sites for hydroxylation is 1. The zero-order valence-corrected chi connectivity index (χ0v) is 9.23. The number of ether oxygens (including phenoxy) is 1. The Kier molecular flexibility index (Phi) is 2.82. The average molecular weight is 210 g/mol. The van der Waals surface area contributed by atoms with E-state index in [0.717, 1.165) is 11.4 Å². The maximum Gasteiger partial charge on any atom is 0.213 e. The van der Waals surface area contributed by atoms with Crippen LogP contribution in [0.1, 0.15) is 5.69 Å². The SMILES string of the molecule is COc1ccc(NC2CSC2)c(C)n1. The Labute approximate surface area is 88.3 Å². The maximum atomic E-state index is 5.05. The summed E-state index contributed by atoms with van der Waals surface area (Å²) in [6.07, 6.45) is 0. The molecule has 1 N–H and O–H groups in total. The fraction of sp³-hybridized carbons (Fsp3) is 0.500. The Morgan fingerprint density at radius 2 is 2.29 bits per heavy atom. The van der Waals surface area contributed by atoms with Crippen LogP contribution in [-0.4, -0.2) is 29.6 Å². The van der Waals surface area contributed by atoms with Gasteiger partial charge in [-0.15, -0.1) is 0 Å². The summed E-state index contributed by atoms with van der Waals surface area (Å²) in [4.78, 5) is 4.31. The van der Waals surface area contributed by atoms with Crippen LogP contribution in [0, 0.1) is 6.92 Å². The van der Waals surface area contributed by atoms with Gasteiger partial charge in [0.1, 0.15) is 0 Å². The first-order chi connectivity index (χ1) is 6.79. The fourth-order valence-corrected chi connectivity index (χ4v) is 1.98. The molecule has 2 heterocycles. The van der Waals surface area contributed by atoms with E-state index in [-0.39, 0.29) is 0 Å². The van der Waals surface area contributed by atoms with Crippen molar-refractivity contribution in [3.05, 3.63) is 17.8 Å². The minimum atomic E-state index is 0.619. The third-order valence-electron chi connectivity index (χ3n) is 2.27. The van der Waals surface area contributed by atoms with Crippen LogP contribution in [0.15, 0.2) is 12.1 Å². The molecule has 1 aliphatic heterocycles. The van der Waals surface area contributed by atoms with Crippen molar-refractivity contribution in [2.75, 3.05) is 23.9 Å². The summed E-state index contributed by atoms with van der Waals surface area (Å²) in [7, 11) is 1.64. The molecule has 0 saturated carbocycles. The first kappa shape index (κ1) is 9.65. The van der Waals surface area contributed by atoms with E-state index in [0.29, 0.717) is 11.9 Å². The van der Waals surface area contributed by atoms with Gasteiger partial charge in [0.25, 0.3) is 0 Å². The van der Waals surface area contributed by atoms with Crippen molar-refractivity contribution in [2.45, 2.75) is 13.0 Å². The summed E-state index contributed by atoms with van der Waals surface area (Å²) in [6.45, 7) is 2.00. The lowest BCUT2D eigenvalue weighted by Gasteiger charge is -2.27. The standard InChI is InChI=1S/C10H14N2OS/c1-7-9(12-8-5-14-6-8)3-4-10(11-7)13-2/h3-4,8,12H,5-6H2,1-2H3. The number of nitrogens with one attached hydrogen (secondary N) is 1. The second kappa shape index (κ2) is 4.09. The molecular formula is C10H14N2OS. The molecule has 0 amide bonds. The van der Waals surface area contributed by atoms with Crippen LogP contribution >= 0.6 is 11.8 Å². The smallest absolute Gasteiger partial charge is 0.213 e. The molecule has 1 aromatic heterocycles. The number of hydrogen-bond donors (Lipinski definition) is 1. The summed E-state index contributed by atoms with van der Waals surface area (Å²) < 4.78 is 5.05. The molecule has 14 heavy (non-hydrogen) atoms. The van der Waals surface area contributed by atoms with Crippen molar-refractivity contribution < 1.29 is 4.74 Å². The van der Waals surface area contributed by atoms with Gasteiger partial charge in [0.05, 0.1) is 18.5 Å². The molecule has 0 aromatic carbocycles. The van der Waals surface area contributed by atoms with Crippen LogP contribution in [0.5, 0.6) is 5.88 Å². The number of anilines is 1. The highest BCUT2D eigenvalue weighted by Gasteiger charge is 2.18. The minimum absolute atomic E-state index is 0.619. The van der Waals surface area contributed by atoms with E-state index in [1.807, 2.05) is 30.8 Å². The number of thioether (sulfide) groups is 1. The Hall–Kier alpha value is -0.900. The summed E-state index contributed by atoms with van der Waals surface area (Å²) >= 11 is 1.97. The van der Waals surface area contributed by atoms with Crippen molar-refractivity contribution in [1.82, 2.24) is 4.98 Å². The number of methoxy groups -OCH3 is 1. The molecule has 1 fully saturated rings. The molecule has 0 spiro atoms. The second-order valence-corrected chi connectivity index (χ2v) is 4.44. The van der Waals surface area contributed by atoms with Gasteiger partial charge in [0, 0.05) is 23.6 Å². The molecule has 0 bridgehead atoms. The molecule has 1 saturated heterocycles. The summed E-state index contributed by atoms with van der Waals surface area (Å²) in [5, 5.41) is 3.46. The Balaban J connectivity index is 2.09.